The number of amides is 2. The lowest BCUT2D eigenvalue weighted by molar-refractivity contribution is -0.125. The van der Waals surface area contributed by atoms with Crippen molar-refractivity contribution in [2.24, 2.45) is 0 Å². The van der Waals surface area contributed by atoms with Gasteiger partial charge in [-0.1, -0.05) is 0 Å². The number of fused-ring (bicyclic) bond motifs is 1. The Morgan fingerprint density at radius 1 is 1.63 bits per heavy atom. The van der Waals surface area contributed by atoms with Crippen molar-refractivity contribution >= 4 is 28.1 Å². The average molecular weight is 278 g/mol. The predicted molar refractivity (Wildman–Crippen MR) is 70.9 cm³/mol. The number of hydrogen-bond acceptors (Lipinski definition) is 4. The smallest absolute Gasteiger partial charge is 0.226 e. The second-order valence-electron chi connectivity index (χ2n) is 4.61. The van der Waals surface area contributed by atoms with Gasteiger partial charge in [-0.2, -0.15) is 0 Å². The Hall–Kier alpha value is -1.89. The fourth-order valence-corrected chi connectivity index (χ4v) is 2.88. The number of aromatic nitrogens is 2. The summed E-state index contributed by atoms with van der Waals surface area (Å²) in [6.07, 6.45) is 5.25. The lowest BCUT2D eigenvalue weighted by Crippen LogP contribution is -2.48. The zero-order chi connectivity index (χ0) is 13.2. The molecule has 0 bridgehead atoms. The Labute approximate surface area is 113 Å². The number of thiazole rings is 1. The van der Waals surface area contributed by atoms with Crippen LogP contribution in [0.25, 0.3) is 4.96 Å². The van der Waals surface area contributed by atoms with Crippen LogP contribution >= 0.6 is 11.3 Å². The summed E-state index contributed by atoms with van der Waals surface area (Å²) in [5.41, 5.74) is 0.768. The van der Waals surface area contributed by atoms with E-state index in [1.165, 1.54) is 0 Å². The maximum Gasteiger partial charge on any atom is 0.226 e. The van der Waals surface area contributed by atoms with Crippen LogP contribution in [-0.4, -0.2) is 33.8 Å². The molecule has 2 amide bonds. The van der Waals surface area contributed by atoms with Gasteiger partial charge in [0.15, 0.2) is 4.96 Å². The van der Waals surface area contributed by atoms with Crippen molar-refractivity contribution in [3.8, 4) is 0 Å². The van der Waals surface area contributed by atoms with Gasteiger partial charge in [0, 0.05) is 36.8 Å². The van der Waals surface area contributed by atoms with E-state index in [-0.39, 0.29) is 24.3 Å². The SMILES string of the molecule is O=C1CCC(NC(=O)Cc2cn3ccsc3n2)CN1. The zero-order valence-corrected chi connectivity index (χ0v) is 11.1. The Balaban J connectivity index is 1.56. The predicted octanol–water partition coefficient (Wildman–Crippen LogP) is 0.333. The summed E-state index contributed by atoms with van der Waals surface area (Å²) in [4.78, 5) is 28.2. The highest BCUT2D eigenvalue weighted by Gasteiger charge is 2.20. The molecule has 1 unspecified atom stereocenters. The summed E-state index contributed by atoms with van der Waals surface area (Å²) >= 11 is 1.54. The number of rotatable bonds is 3. The normalized spacial score (nSPS) is 19.4. The lowest BCUT2D eigenvalue weighted by atomic mass is 10.1. The van der Waals surface area contributed by atoms with Crippen molar-refractivity contribution in [1.29, 1.82) is 0 Å². The molecule has 1 atom stereocenters. The van der Waals surface area contributed by atoms with Gasteiger partial charge in [-0.15, -0.1) is 11.3 Å². The van der Waals surface area contributed by atoms with Gasteiger partial charge >= 0.3 is 0 Å². The molecule has 1 saturated heterocycles. The number of imidazole rings is 1. The first kappa shape index (κ1) is 12.2. The molecule has 0 aromatic carbocycles. The Morgan fingerprint density at radius 3 is 3.26 bits per heavy atom. The first-order valence-electron chi connectivity index (χ1n) is 6.18. The summed E-state index contributed by atoms with van der Waals surface area (Å²) in [5.74, 6) is 0.00624. The molecule has 2 aromatic rings. The monoisotopic (exact) mass is 278 g/mol. The molecule has 2 aromatic heterocycles. The van der Waals surface area contributed by atoms with Gasteiger partial charge in [0.2, 0.25) is 11.8 Å². The Kier molecular flexibility index (Phi) is 3.20. The second kappa shape index (κ2) is 5.00. The molecular formula is C12H14N4O2S. The standard InChI is InChI=1S/C12H14N4O2S/c17-10-2-1-8(6-13-10)14-11(18)5-9-7-16-3-4-19-12(16)15-9/h3-4,7-8H,1-2,5-6H2,(H,13,17)(H,14,18). The maximum atomic E-state index is 11.9. The van der Waals surface area contributed by atoms with Crippen LogP contribution in [0.2, 0.25) is 0 Å². The Morgan fingerprint density at radius 2 is 2.53 bits per heavy atom. The van der Waals surface area contributed by atoms with E-state index in [2.05, 4.69) is 15.6 Å². The van der Waals surface area contributed by atoms with Crippen LogP contribution in [0.3, 0.4) is 0 Å². The molecule has 1 aliphatic heterocycles. The number of nitrogens with one attached hydrogen (secondary N) is 2. The lowest BCUT2D eigenvalue weighted by Gasteiger charge is -2.23. The van der Waals surface area contributed by atoms with E-state index >= 15 is 0 Å². The first-order valence-corrected chi connectivity index (χ1v) is 7.06. The summed E-state index contributed by atoms with van der Waals surface area (Å²) in [6.45, 7) is 0.517. The van der Waals surface area contributed by atoms with Gasteiger partial charge < -0.3 is 10.6 Å². The molecular weight excluding hydrogens is 264 g/mol. The fraction of sp³-hybridized carbons (Fsp3) is 0.417. The molecule has 3 rings (SSSR count). The molecule has 6 nitrogen and oxygen atoms in total. The minimum Gasteiger partial charge on any atom is -0.354 e. The molecule has 19 heavy (non-hydrogen) atoms. The second-order valence-corrected chi connectivity index (χ2v) is 5.48. The molecule has 1 fully saturated rings. The summed E-state index contributed by atoms with van der Waals surface area (Å²) in [7, 11) is 0. The number of piperidine rings is 1. The van der Waals surface area contributed by atoms with Gasteiger partial charge in [0.1, 0.15) is 0 Å². The minimum atomic E-state index is -0.0492. The molecule has 7 heteroatoms. The molecule has 100 valence electrons. The van der Waals surface area contributed by atoms with Crippen molar-refractivity contribution in [2.45, 2.75) is 25.3 Å². The van der Waals surface area contributed by atoms with Gasteiger partial charge in [-0.3, -0.25) is 14.0 Å². The van der Waals surface area contributed by atoms with Crippen LogP contribution in [0.4, 0.5) is 0 Å². The summed E-state index contributed by atoms with van der Waals surface area (Å²) < 4.78 is 1.91. The van der Waals surface area contributed by atoms with Crippen molar-refractivity contribution in [3.05, 3.63) is 23.5 Å². The van der Waals surface area contributed by atoms with Gasteiger partial charge in [0.25, 0.3) is 0 Å². The summed E-state index contributed by atoms with van der Waals surface area (Å²) in [5, 5.41) is 7.63. The third-order valence-electron chi connectivity index (χ3n) is 3.12. The van der Waals surface area contributed by atoms with E-state index in [4.69, 9.17) is 0 Å². The highest BCUT2D eigenvalue weighted by Crippen LogP contribution is 2.12. The van der Waals surface area contributed by atoms with Crippen LogP contribution in [0.5, 0.6) is 0 Å². The van der Waals surface area contributed by atoms with Crippen LogP contribution in [-0.2, 0) is 16.0 Å². The van der Waals surface area contributed by atoms with E-state index in [9.17, 15) is 9.59 Å². The quantitative estimate of drug-likeness (QED) is 0.849. The molecule has 0 aliphatic carbocycles. The summed E-state index contributed by atoms with van der Waals surface area (Å²) in [6, 6.07) is 0.0360. The highest BCUT2D eigenvalue weighted by molar-refractivity contribution is 7.15. The molecule has 2 N–H and O–H groups in total. The molecule has 0 radical (unpaired) electrons. The average Bonchev–Trinajstić information content (AvgIpc) is 2.92. The Bertz CT molecular complexity index is 580. The maximum absolute atomic E-state index is 11.9. The van der Waals surface area contributed by atoms with Crippen LogP contribution in [0.15, 0.2) is 17.8 Å². The van der Waals surface area contributed by atoms with Gasteiger partial charge in [-0.05, 0) is 6.42 Å². The minimum absolute atomic E-state index is 0.0360. The van der Waals surface area contributed by atoms with Crippen molar-refractivity contribution in [2.75, 3.05) is 6.54 Å². The largest absolute Gasteiger partial charge is 0.354 e. The van der Waals surface area contributed by atoms with Gasteiger partial charge in [-0.25, -0.2) is 4.98 Å². The van der Waals surface area contributed by atoms with E-state index in [0.717, 1.165) is 10.7 Å². The topological polar surface area (TPSA) is 75.5 Å². The van der Waals surface area contributed by atoms with E-state index in [0.29, 0.717) is 19.4 Å². The van der Waals surface area contributed by atoms with Crippen molar-refractivity contribution in [1.82, 2.24) is 20.0 Å². The number of nitrogens with zero attached hydrogens (tertiary/aromatic N) is 2. The van der Waals surface area contributed by atoms with Crippen molar-refractivity contribution in [3.63, 3.8) is 0 Å². The van der Waals surface area contributed by atoms with Crippen molar-refractivity contribution < 1.29 is 9.59 Å². The third-order valence-corrected chi connectivity index (χ3v) is 3.89. The molecule has 0 saturated carbocycles. The molecule has 3 heterocycles. The van der Waals surface area contributed by atoms with Gasteiger partial charge in [0.05, 0.1) is 12.1 Å². The third kappa shape index (κ3) is 2.76. The van der Waals surface area contributed by atoms with E-state index in [1.54, 1.807) is 11.3 Å². The molecule has 0 spiro atoms. The van der Waals surface area contributed by atoms with Crippen LogP contribution in [0, 0.1) is 0 Å². The van der Waals surface area contributed by atoms with Crippen LogP contribution in [0.1, 0.15) is 18.5 Å². The number of carbonyl (C=O) groups is 2. The zero-order valence-electron chi connectivity index (χ0n) is 10.3. The molecule has 1 aliphatic rings. The van der Waals surface area contributed by atoms with E-state index < -0.39 is 0 Å². The number of carbonyl (C=O) groups excluding carboxylic acids is 2. The fourth-order valence-electron chi connectivity index (χ4n) is 2.16. The first-order chi connectivity index (χ1) is 9.20. The number of hydrogen-bond donors (Lipinski definition) is 2. The van der Waals surface area contributed by atoms with Crippen LogP contribution < -0.4 is 10.6 Å². The van der Waals surface area contributed by atoms with E-state index in [1.807, 2.05) is 22.2 Å². The highest BCUT2D eigenvalue weighted by atomic mass is 32.1.